The lowest BCUT2D eigenvalue weighted by molar-refractivity contribution is -0.137. The average molecular weight is 502 g/mol. The Morgan fingerprint density at radius 1 is 0.972 bits per heavy atom. The highest BCUT2D eigenvalue weighted by Crippen LogP contribution is 2.29. The van der Waals surface area contributed by atoms with Crippen LogP contribution in [0.15, 0.2) is 42.5 Å². The number of carbonyl (C=O) groups excluding carboxylic acids is 1. The Kier molecular flexibility index (Phi) is 8.46. The molecule has 1 amide bonds. The van der Waals surface area contributed by atoms with Crippen molar-refractivity contribution in [3.63, 3.8) is 0 Å². The Balaban J connectivity index is 1.29. The number of morpholine rings is 1. The maximum Gasteiger partial charge on any atom is 0.416 e. The summed E-state index contributed by atoms with van der Waals surface area (Å²) >= 11 is 0. The quantitative estimate of drug-likeness (QED) is 0.628. The van der Waals surface area contributed by atoms with E-state index in [0.717, 1.165) is 62.8 Å². The fraction of sp³-hybridized carbons (Fsp3) is 0.462. The number of anilines is 1. The molecule has 0 atom stereocenters. The van der Waals surface area contributed by atoms with Crippen LogP contribution in [0.2, 0.25) is 0 Å². The first-order chi connectivity index (χ1) is 17.3. The van der Waals surface area contributed by atoms with Gasteiger partial charge in [0.1, 0.15) is 0 Å². The van der Waals surface area contributed by atoms with Crippen LogP contribution in [0.25, 0.3) is 0 Å². The molecule has 2 aliphatic heterocycles. The van der Waals surface area contributed by atoms with Gasteiger partial charge in [0.05, 0.1) is 30.4 Å². The number of halogens is 3. The molecule has 0 saturated carbocycles. The smallest absolute Gasteiger partial charge is 0.384 e. The zero-order valence-electron chi connectivity index (χ0n) is 20.1. The molecule has 1 N–H and O–H groups in total. The third kappa shape index (κ3) is 6.75. The molecule has 2 aliphatic rings. The van der Waals surface area contributed by atoms with Gasteiger partial charge in [-0.1, -0.05) is 0 Å². The maximum absolute atomic E-state index is 12.8. The maximum atomic E-state index is 12.8. The van der Waals surface area contributed by atoms with Crippen molar-refractivity contribution in [2.75, 3.05) is 70.9 Å². The third-order valence-electron chi connectivity index (χ3n) is 6.60. The van der Waals surface area contributed by atoms with E-state index in [1.165, 1.54) is 12.1 Å². The van der Waals surface area contributed by atoms with E-state index < -0.39 is 11.7 Å². The predicted octanol–water partition coefficient (Wildman–Crippen LogP) is 3.28. The van der Waals surface area contributed by atoms with E-state index >= 15 is 0 Å². The Hall–Kier alpha value is -3.13. The highest BCUT2D eigenvalue weighted by atomic mass is 19.4. The minimum absolute atomic E-state index is 0.249. The standard InChI is InChI=1S/C26H30F3N5O2/c27-26(28,29)23-4-1-20(2-5-23)25(35)34-11-9-33(10-12-34)19-22-17-24(6-3-21(22)18-30)31-7-8-32-13-15-36-16-14-32/h1-6,17,31H,7-16,19H2. The minimum Gasteiger partial charge on any atom is -0.384 e. The number of ether oxygens (including phenoxy) is 1. The van der Waals surface area contributed by atoms with Crippen LogP contribution in [-0.4, -0.2) is 86.2 Å². The number of piperazine rings is 1. The van der Waals surface area contributed by atoms with E-state index in [-0.39, 0.29) is 11.5 Å². The van der Waals surface area contributed by atoms with E-state index in [2.05, 4.69) is 21.2 Å². The van der Waals surface area contributed by atoms with Crippen molar-refractivity contribution < 1.29 is 22.7 Å². The van der Waals surface area contributed by atoms with Gasteiger partial charge in [-0.25, -0.2) is 0 Å². The van der Waals surface area contributed by atoms with E-state index in [9.17, 15) is 23.2 Å². The summed E-state index contributed by atoms with van der Waals surface area (Å²) in [5, 5.41) is 13.0. The lowest BCUT2D eigenvalue weighted by Crippen LogP contribution is -2.48. The van der Waals surface area contributed by atoms with Gasteiger partial charge in [-0.05, 0) is 48.0 Å². The van der Waals surface area contributed by atoms with Gasteiger partial charge in [-0.3, -0.25) is 14.6 Å². The molecule has 0 bridgehead atoms. The summed E-state index contributed by atoms with van der Waals surface area (Å²) in [5.74, 6) is -0.271. The number of alkyl halides is 3. The van der Waals surface area contributed by atoms with Crippen LogP contribution >= 0.6 is 0 Å². The van der Waals surface area contributed by atoms with Gasteiger partial charge in [0.15, 0.2) is 0 Å². The zero-order valence-corrected chi connectivity index (χ0v) is 20.1. The summed E-state index contributed by atoms with van der Waals surface area (Å²) in [6.07, 6.45) is -4.43. The number of nitriles is 1. The topological polar surface area (TPSA) is 71.8 Å². The van der Waals surface area contributed by atoms with Gasteiger partial charge < -0.3 is 15.0 Å². The Labute approximate surface area is 209 Å². The average Bonchev–Trinajstić information content (AvgIpc) is 2.89. The van der Waals surface area contributed by atoms with E-state index in [1.807, 2.05) is 18.2 Å². The van der Waals surface area contributed by atoms with Crippen molar-refractivity contribution in [1.29, 1.82) is 5.26 Å². The molecule has 2 heterocycles. The number of carbonyl (C=O) groups is 1. The molecule has 2 aromatic rings. The number of amides is 1. The molecule has 0 unspecified atom stereocenters. The fourth-order valence-corrected chi connectivity index (χ4v) is 4.46. The van der Waals surface area contributed by atoms with Gasteiger partial charge in [-0.15, -0.1) is 0 Å². The lowest BCUT2D eigenvalue weighted by Gasteiger charge is -2.35. The molecule has 2 saturated heterocycles. The summed E-state index contributed by atoms with van der Waals surface area (Å²) in [4.78, 5) is 18.9. The van der Waals surface area contributed by atoms with Crippen molar-refractivity contribution in [3.05, 3.63) is 64.7 Å². The van der Waals surface area contributed by atoms with Gasteiger partial charge in [0.25, 0.3) is 5.91 Å². The first-order valence-electron chi connectivity index (χ1n) is 12.1. The van der Waals surface area contributed by atoms with Crippen LogP contribution < -0.4 is 5.32 Å². The second-order valence-corrected chi connectivity index (χ2v) is 9.01. The van der Waals surface area contributed by atoms with Crippen molar-refractivity contribution in [3.8, 4) is 6.07 Å². The molecule has 2 fully saturated rings. The van der Waals surface area contributed by atoms with Crippen LogP contribution in [0.1, 0.15) is 27.0 Å². The molecule has 36 heavy (non-hydrogen) atoms. The Morgan fingerprint density at radius 3 is 2.31 bits per heavy atom. The summed E-state index contributed by atoms with van der Waals surface area (Å²) in [7, 11) is 0. The van der Waals surface area contributed by atoms with Crippen LogP contribution in [0.3, 0.4) is 0 Å². The third-order valence-corrected chi connectivity index (χ3v) is 6.60. The Bertz CT molecular complexity index is 1070. The van der Waals surface area contributed by atoms with E-state index in [4.69, 9.17) is 4.74 Å². The van der Waals surface area contributed by atoms with Crippen molar-refractivity contribution >= 4 is 11.6 Å². The largest absolute Gasteiger partial charge is 0.416 e. The first-order valence-corrected chi connectivity index (χ1v) is 12.1. The van der Waals surface area contributed by atoms with Gasteiger partial charge in [0.2, 0.25) is 0 Å². The normalized spacial score (nSPS) is 17.6. The molecule has 0 spiro atoms. The first kappa shape index (κ1) is 25.9. The molecule has 2 aromatic carbocycles. The summed E-state index contributed by atoms with van der Waals surface area (Å²) in [5.41, 5.74) is 2.00. The van der Waals surface area contributed by atoms with Crippen molar-refractivity contribution in [1.82, 2.24) is 14.7 Å². The van der Waals surface area contributed by atoms with E-state index in [1.54, 1.807) is 4.90 Å². The van der Waals surface area contributed by atoms with Crippen molar-refractivity contribution in [2.24, 2.45) is 0 Å². The minimum atomic E-state index is -4.43. The second-order valence-electron chi connectivity index (χ2n) is 9.01. The zero-order chi connectivity index (χ0) is 25.5. The number of rotatable bonds is 7. The fourth-order valence-electron chi connectivity index (χ4n) is 4.46. The molecular formula is C26H30F3N5O2. The van der Waals surface area contributed by atoms with Crippen LogP contribution in [-0.2, 0) is 17.5 Å². The van der Waals surface area contributed by atoms with Gasteiger partial charge >= 0.3 is 6.18 Å². The summed E-state index contributed by atoms with van der Waals surface area (Å²) < 4.78 is 43.7. The lowest BCUT2D eigenvalue weighted by atomic mass is 10.1. The van der Waals surface area contributed by atoms with E-state index in [0.29, 0.717) is 38.3 Å². The SMILES string of the molecule is N#Cc1ccc(NCCN2CCOCC2)cc1CN1CCN(C(=O)c2ccc(C(F)(F)F)cc2)CC1. The molecular weight excluding hydrogens is 471 g/mol. The van der Waals surface area contributed by atoms with Gasteiger partial charge in [0, 0.05) is 70.2 Å². The summed E-state index contributed by atoms with van der Waals surface area (Å²) in [6.45, 7) is 7.90. The molecule has 0 aromatic heterocycles. The second kappa shape index (κ2) is 11.7. The highest BCUT2D eigenvalue weighted by molar-refractivity contribution is 5.94. The molecule has 192 valence electrons. The number of benzene rings is 2. The van der Waals surface area contributed by atoms with Crippen LogP contribution in [0, 0.1) is 11.3 Å². The number of nitrogens with one attached hydrogen (secondary N) is 1. The molecule has 0 aliphatic carbocycles. The molecule has 7 nitrogen and oxygen atoms in total. The predicted molar refractivity (Wildman–Crippen MR) is 130 cm³/mol. The summed E-state index contributed by atoms with van der Waals surface area (Å²) in [6, 6.07) is 12.4. The number of hydrogen-bond donors (Lipinski definition) is 1. The highest BCUT2D eigenvalue weighted by Gasteiger charge is 2.31. The Morgan fingerprint density at radius 2 is 1.67 bits per heavy atom. The van der Waals surface area contributed by atoms with Crippen molar-refractivity contribution in [2.45, 2.75) is 12.7 Å². The number of nitrogens with zero attached hydrogens (tertiary/aromatic N) is 4. The molecule has 0 radical (unpaired) electrons. The van der Waals surface area contributed by atoms with Gasteiger partial charge in [-0.2, -0.15) is 18.4 Å². The van der Waals surface area contributed by atoms with Crippen LogP contribution in [0.5, 0.6) is 0 Å². The molecule has 4 rings (SSSR count). The monoisotopic (exact) mass is 501 g/mol. The molecule has 10 heteroatoms. The number of hydrogen-bond acceptors (Lipinski definition) is 6. The van der Waals surface area contributed by atoms with Crippen LogP contribution in [0.4, 0.5) is 18.9 Å².